The Bertz CT molecular complexity index is 1080. The third-order valence-electron chi connectivity index (χ3n) is 4.16. The summed E-state index contributed by atoms with van der Waals surface area (Å²) < 4.78 is 0. The molecule has 0 amide bonds. The van der Waals surface area contributed by atoms with Crippen LogP contribution in [0.2, 0.25) is 0 Å². The molecule has 1 heterocycles. The lowest BCUT2D eigenvalue weighted by Gasteiger charge is -2.18. The van der Waals surface area contributed by atoms with Gasteiger partial charge in [-0.2, -0.15) is 5.26 Å². The summed E-state index contributed by atoms with van der Waals surface area (Å²) in [6, 6.07) is 14.5. The van der Waals surface area contributed by atoms with E-state index in [1.54, 1.807) is 48.7 Å². The average Bonchev–Trinajstić information content (AvgIpc) is 2.74. The van der Waals surface area contributed by atoms with Crippen LogP contribution in [0.25, 0.3) is 0 Å². The van der Waals surface area contributed by atoms with E-state index in [1.165, 1.54) is 17.8 Å². The fourth-order valence-corrected chi connectivity index (χ4v) is 3.17. The van der Waals surface area contributed by atoms with Gasteiger partial charge >= 0.3 is 0 Å². The minimum atomic E-state index is -0.891. The molecule has 0 N–H and O–H groups in total. The first-order chi connectivity index (χ1) is 13.6. The monoisotopic (exact) mass is 384 g/mol. The summed E-state index contributed by atoms with van der Waals surface area (Å²) in [6.45, 7) is 0. The van der Waals surface area contributed by atoms with Crippen LogP contribution in [0.4, 0.5) is 5.69 Å². The third kappa shape index (κ3) is 4.00. The van der Waals surface area contributed by atoms with Crippen molar-refractivity contribution in [3.05, 3.63) is 82.0 Å². The number of nitroso groups, excluding NO2 is 1. The summed E-state index contributed by atoms with van der Waals surface area (Å²) >= 11 is 1.34. The Morgan fingerprint density at radius 3 is 2.61 bits per heavy atom. The van der Waals surface area contributed by atoms with E-state index in [0.717, 1.165) is 0 Å². The van der Waals surface area contributed by atoms with Crippen LogP contribution in [0, 0.1) is 16.2 Å². The van der Waals surface area contributed by atoms with Crippen LogP contribution in [-0.2, 0) is 0 Å². The molecule has 8 heteroatoms. The minimum Gasteiger partial charge on any atom is -0.293 e. The van der Waals surface area contributed by atoms with Crippen LogP contribution >= 0.6 is 11.8 Å². The molecular formula is C20H13BN4O2S. The molecule has 0 aliphatic carbocycles. The van der Waals surface area contributed by atoms with Gasteiger partial charge in [0.25, 0.3) is 0 Å². The van der Waals surface area contributed by atoms with Crippen LogP contribution in [0.3, 0.4) is 0 Å². The lowest BCUT2D eigenvalue weighted by molar-refractivity contribution is 0.0972. The number of carbonyl (C=O) groups excluding carboxylic acids is 1. The number of nitriles is 1. The predicted octanol–water partition coefficient (Wildman–Crippen LogP) is 3.28. The molecular weight excluding hydrogens is 371 g/mol. The Labute approximate surface area is 167 Å². The van der Waals surface area contributed by atoms with Gasteiger partial charge in [0.05, 0.1) is 23.2 Å². The number of carbonyl (C=O) groups is 1. The van der Waals surface area contributed by atoms with Crippen molar-refractivity contribution >= 4 is 36.5 Å². The Balaban J connectivity index is 2.19. The number of nitrogens with zero attached hydrogens (tertiary/aromatic N) is 4. The summed E-state index contributed by atoms with van der Waals surface area (Å²) in [4.78, 5) is 33.3. The first kappa shape index (κ1) is 19.5. The zero-order chi connectivity index (χ0) is 20.1. The first-order valence-corrected chi connectivity index (χ1v) is 9.44. The van der Waals surface area contributed by atoms with Gasteiger partial charge < -0.3 is 0 Å². The molecule has 0 bridgehead atoms. The van der Waals surface area contributed by atoms with E-state index < -0.39 is 5.92 Å². The molecule has 2 aromatic carbocycles. The maximum atomic E-state index is 13.4. The zero-order valence-corrected chi connectivity index (χ0v) is 15.7. The van der Waals surface area contributed by atoms with E-state index in [-0.39, 0.29) is 11.5 Å². The quantitative estimate of drug-likeness (QED) is 0.213. The molecule has 6 nitrogen and oxygen atoms in total. The molecule has 134 valence electrons. The zero-order valence-electron chi connectivity index (χ0n) is 14.9. The van der Waals surface area contributed by atoms with Crippen LogP contribution in [0.1, 0.15) is 33.1 Å². The summed E-state index contributed by atoms with van der Waals surface area (Å²) in [6.07, 6.45) is 3.39. The van der Waals surface area contributed by atoms with Gasteiger partial charge in [-0.15, -0.1) is 4.91 Å². The molecule has 0 spiro atoms. The Morgan fingerprint density at radius 1 is 1.21 bits per heavy atom. The predicted molar refractivity (Wildman–Crippen MR) is 108 cm³/mol. The fourth-order valence-electron chi connectivity index (χ4n) is 2.81. The van der Waals surface area contributed by atoms with Gasteiger partial charge in [-0.05, 0) is 41.3 Å². The van der Waals surface area contributed by atoms with Crippen LogP contribution < -0.4 is 5.46 Å². The SMILES string of the molecule is [B]c1ccc(N=O)c(C(C(=O)c2ccc(C#N)cc2)c2ccnc(SC)n2)c1. The second kappa shape index (κ2) is 8.59. The molecule has 3 rings (SSSR count). The maximum absolute atomic E-state index is 13.4. The molecule has 2 radical (unpaired) electrons. The highest BCUT2D eigenvalue weighted by molar-refractivity contribution is 7.98. The molecule has 0 fully saturated rings. The molecule has 28 heavy (non-hydrogen) atoms. The number of rotatable bonds is 6. The summed E-state index contributed by atoms with van der Waals surface area (Å²) in [5.74, 6) is -1.18. The summed E-state index contributed by atoms with van der Waals surface area (Å²) in [5, 5.41) is 12.5. The molecule has 1 unspecified atom stereocenters. The van der Waals surface area contributed by atoms with Crippen molar-refractivity contribution in [3.8, 4) is 6.07 Å². The molecule has 3 aromatic rings. The maximum Gasteiger partial charge on any atom is 0.187 e. The topological polar surface area (TPSA) is 96.1 Å². The molecule has 0 saturated carbocycles. The number of thioether (sulfide) groups is 1. The lowest BCUT2D eigenvalue weighted by atomic mass is 9.83. The standard InChI is InChI=1S/C20H13BN4O2S/c1-28-20-23-9-8-17(24-20)18(15-10-14(21)6-7-16(15)25-27)19(26)13-4-2-12(11-22)3-5-13/h2-10,18H,1H3. The van der Waals surface area contributed by atoms with Crippen LogP contribution in [-0.4, -0.2) is 29.9 Å². The Kier molecular flexibility index (Phi) is 5.97. The fraction of sp³-hybridized carbons (Fsp3) is 0.100. The van der Waals surface area contributed by atoms with Crippen molar-refractivity contribution in [2.24, 2.45) is 5.18 Å². The second-order valence-electron chi connectivity index (χ2n) is 5.86. The van der Waals surface area contributed by atoms with E-state index in [0.29, 0.717) is 33.0 Å². The van der Waals surface area contributed by atoms with Crippen molar-refractivity contribution in [2.75, 3.05) is 6.26 Å². The number of ketones is 1. The van der Waals surface area contributed by atoms with Crippen molar-refractivity contribution in [2.45, 2.75) is 11.1 Å². The smallest absolute Gasteiger partial charge is 0.187 e. The van der Waals surface area contributed by atoms with E-state index in [1.807, 2.05) is 12.3 Å². The van der Waals surface area contributed by atoms with Crippen LogP contribution in [0.15, 0.2) is 65.1 Å². The molecule has 1 aromatic heterocycles. The van der Waals surface area contributed by atoms with E-state index in [4.69, 9.17) is 13.1 Å². The lowest BCUT2D eigenvalue weighted by Crippen LogP contribution is -2.18. The largest absolute Gasteiger partial charge is 0.293 e. The van der Waals surface area contributed by atoms with E-state index in [9.17, 15) is 9.70 Å². The number of hydrogen-bond acceptors (Lipinski definition) is 7. The van der Waals surface area contributed by atoms with Gasteiger partial charge in [-0.25, -0.2) is 9.97 Å². The summed E-state index contributed by atoms with van der Waals surface area (Å²) in [5.41, 5.74) is 2.15. The number of hydrogen-bond donors (Lipinski definition) is 0. The van der Waals surface area contributed by atoms with Crippen molar-refractivity contribution in [1.29, 1.82) is 5.26 Å². The van der Waals surface area contributed by atoms with Gasteiger partial charge in [-0.1, -0.05) is 41.5 Å². The molecule has 0 saturated heterocycles. The van der Waals surface area contributed by atoms with Crippen molar-refractivity contribution in [3.63, 3.8) is 0 Å². The number of Topliss-reactive ketones (excluding diaryl/α,β-unsaturated/α-hetero) is 1. The highest BCUT2D eigenvalue weighted by atomic mass is 32.2. The van der Waals surface area contributed by atoms with Crippen molar-refractivity contribution in [1.82, 2.24) is 9.97 Å². The Hall–Kier alpha value is -3.31. The van der Waals surface area contributed by atoms with E-state index >= 15 is 0 Å². The van der Waals surface area contributed by atoms with Gasteiger partial charge in [0.1, 0.15) is 13.5 Å². The van der Waals surface area contributed by atoms with Gasteiger partial charge in [0.2, 0.25) is 0 Å². The normalized spacial score (nSPS) is 11.4. The average molecular weight is 384 g/mol. The van der Waals surface area contributed by atoms with Crippen LogP contribution in [0.5, 0.6) is 0 Å². The number of benzene rings is 2. The molecule has 1 atom stereocenters. The minimum absolute atomic E-state index is 0.116. The van der Waals surface area contributed by atoms with Gasteiger partial charge in [0.15, 0.2) is 10.9 Å². The highest BCUT2D eigenvalue weighted by Crippen LogP contribution is 2.34. The highest BCUT2D eigenvalue weighted by Gasteiger charge is 2.28. The van der Waals surface area contributed by atoms with E-state index in [2.05, 4.69) is 15.1 Å². The second-order valence-corrected chi connectivity index (χ2v) is 6.64. The molecule has 0 aliphatic heterocycles. The summed E-state index contributed by atoms with van der Waals surface area (Å²) in [7, 11) is 5.90. The first-order valence-electron chi connectivity index (χ1n) is 8.21. The van der Waals surface area contributed by atoms with Gasteiger partial charge in [-0.3, -0.25) is 4.79 Å². The van der Waals surface area contributed by atoms with Gasteiger partial charge in [0, 0.05) is 11.8 Å². The number of aromatic nitrogens is 2. The molecule has 0 aliphatic rings. The Morgan fingerprint density at radius 2 is 1.96 bits per heavy atom. The van der Waals surface area contributed by atoms with Crippen molar-refractivity contribution < 1.29 is 4.79 Å². The third-order valence-corrected chi connectivity index (χ3v) is 4.72.